The van der Waals surface area contributed by atoms with Crippen molar-refractivity contribution in [3.63, 3.8) is 0 Å². The fourth-order valence-corrected chi connectivity index (χ4v) is 3.51. The van der Waals surface area contributed by atoms with E-state index in [-0.39, 0.29) is 23.8 Å². The van der Waals surface area contributed by atoms with Crippen molar-refractivity contribution in [3.8, 4) is 0 Å². The van der Waals surface area contributed by atoms with Crippen LogP contribution in [0, 0.1) is 13.8 Å². The maximum atomic E-state index is 12.6. The van der Waals surface area contributed by atoms with Crippen LogP contribution in [0.2, 0.25) is 0 Å². The molecule has 0 atom stereocenters. The zero-order valence-corrected chi connectivity index (χ0v) is 17.1. The molecule has 27 heavy (non-hydrogen) atoms. The molecular weight excluding hydrogens is 342 g/mol. The fraction of sp³-hybridized carbons (Fsp3) is 0.455. The molecule has 5 nitrogen and oxygen atoms in total. The minimum atomic E-state index is -0.469. The highest BCUT2D eigenvalue weighted by molar-refractivity contribution is 6.00. The van der Waals surface area contributed by atoms with Gasteiger partial charge in [-0.05, 0) is 44.7 Å². The monoisotopic (exact) mass is 369 g/mol. The number of benzene rings is 1. The van der Waals surface area contributed by atoms with Gasteiger partial charge in [0, 0.05) is 27.9 Å². The Hall–Kier alpha value is -2.56. The van der Waals surface area contributed by atoms with Crippen molar-refractivity contribution >= 4 is 27.8 Å². The van der Waals surface area contributed by atoms with Crippen LogP contribution in [0.4, 0.5) is 0 Å². The topological polar surface area (TPSA) is 72.5 Å². The number of nitrogens with one attached hydrogen (secondary N) is 1. The SMILES string of the molecule is Cc1c(CC(=O)NC(C)C)c(=O)oc2c(C)c3occ(C(C)(C)C)c3cc12. The third-order valence-electron chi connectivity index (χ3n) is 4.94. The summed E-state index contributed by atoms with van der Waals surface area (Å²) in [6.07, 6.45) is 1.79. The number of fused-ring (bicyclic) bond motifs is 2. The minimum Gasteiger partial charge on any atom is -0.464 e. The number of furan rings is 1. The van der Waals surface area contributed by atoms with Gasteiger partial charge in [0.1, 0.15) is 11.2 Å². The fourth-order valence-electron chi connectivity index (χ4n) is 3.51. The van der Waals surface area contributed by atoms with Gasteiger partial charge >= 0.3 is 5.63 Å². The Balaban J connectivity index is 2.26. The number of amides is 1. The molecule has 0 fully saturated rings. The van der Waals surface area contributed by atoms with Gasteiger partial charge in [-0.2, -0.15) is 0 Å². The smallest absolute Gasteiger partial charge is 0.340 e. The highest BCUT2D eigenvalue weighted by Crippen LogP contribution is 2.37. The molecule has 5 heteroatoms. The number of rotatable bonds is 3. The molecule has 0 bridgehead atoms. The van der Waals surface area contributed by atoms with Gasteiger partial charge in [-0.25, -0.2) is 4.79 Å². The summed E-state index contributed by atoms with van der Waals surface area (Å²) in [5, 5.41) is 4.69. The van der Waals surface area contributed by atoms with E-state index < -0.39 is 5.63 Å². The van der Waals surface area contributed by atoms with Gasteiger partial charge in [0.2, 0.25) is 5.91 Å². The predicted octanol–water partition coefficient (Wildman–Crippen LogP) is 4.52. The van der Waals surface area contributed by atoms with Crippen LogP contribution in [0.3, 0.4) is 0 Å². The van der Waals surface area contributed by atoms with Crippen LogP contribution < -0.4 is 10.9 Å². The molecule has 0 unspecified atom stereocenters. The molecule has 3 rings (SSSR count). The molecular formula is C22H27NO4. The molecule has 0 aliphatic carbocycles. The molecule has 0 saturated heterocycles. The lowest BCUT2D eigenvalue weighted by atomic mass is 9.86. The van der Waals surface area contributed by atoms with Gasteiger partial charge in [-0.15, -0.1) is 0 Å². The standard InChI is InChI=1S/C22H27NO4/c1-11(2)23-18(24)9-15-12(3)14-8-16-17(22(5,6)7)10-26-19(16)13(4)20(14)27-21(15)25/h8,10-11H,9H2,1-7H3,(H,23,24). The molecule has 2 heterocycles. The summed E-state index contributed by atoms with van der Waals surface area (Å²) in [6.45, 7) is 14.0. The highest BCUT2D eigenvalue weighted by Gasteiger charge is 2.24. The molecule has 3 aromatic rings. The zero-order valence-electron chi connectivity index (χ0n) is 17.1. The van der Waals surface area contributed by atoms with E-state index in [1.807, 2.05) is 33.8 Å². The Labute approximate surface area is 158 Å². The Morgan fingerprint density at radius 1 is 1.11 bits per heavy atom. The van der Waals surface area contributed by atoms with E-state index in [0.29, 0.717) is 11.1 Å². The van der Waals surface area contributed by atoms with Gasteiger partial charge in [0.25, 0.3) is 0 Å². The van der Waals surface area contributed by atoms with Gasteiger partial charge in [-0.3, -0.25) is 4.79 Å². The van der Waals surface area contributed by atoms with Crippen LogP contribution >= 0.6 is 0 Å². The van der Waals surface area contributed by atoms with Crippen molar-refractivity contribution in [3.05, 3.63) is 45.0 Å². The van der Waals surface area contributed by atoms with E-state index in [4.69, 9.17) is 8.83 Å². The van der Waals surface area contributed by atoms with Crippen molar-refractivity contribution in [1.29, 1.82) is 0 Å². The molecule has 1 N–H and O–H groups in total. The van der Waals surface area contributed by atoms with E-state index in [1.54, 1.807) is 6.26 Å². The van der Waals surface area contributed by atoms with Crippen molar-refractivity contribution in [1.82, 2.24) is 5.32 Å². The largest absolute Gasteiger partial charge is 0.464 e. The third kappa shape index (κ3) is 3.38. The van der Waals surface area contributed by atoms with Crippen LogP contribution in [-0.4, -0.2) is 11.9 Å². The maximum absolute atomic E-state index is 12.6. The summed E-state index contributed by atoms with van der Waals surface area (Å²) >= 11 is 0. The second-order valence-corrected chi connectivity index (χ2v) is 8.55. The lowest BCUT2D eigenvalue weighted by Crippen LogP contribution is -2.33. The Bertz CT molecular complexity index is 1090. The molecule has 0 aliphatic heterocycles. The number of hydrogen-bond acceptors (Lipinski definition) is 4. The van der Waals surface area contributed by atoms with E-state index in [9.17, 15) is 9.59 Å². The lowest BCUT2D eigenvalue weighted by molar-refractivity contribution is -0.120. The summed E-state index contributed by atoms with van der Waals surface area (Å²) in [5.74, 6) is -0.184. The molecule has 0 radical (unpaired) electrons. The number of hydrogen-bond donors (Lipinski definition) is 1. The van der Waals surface area contributed by atoms with Crippen LogP contribution in [0.15, 0.2) is 26.0 Å². The van der Waals surface area contributed by atoms with Crippen LogP contribution in [0.5, 0.6) is 0 Å². The quantitative estimate of drug-likeness (QED) is 0.689. The number of aryl methyl sites for hydroxylation is 2. The highest BCUT2D eigenvalue weighted by atomic mass is 16.4. The molecule has 0 saturated carbocycles. The van der Waals surface area contributed by atoms with Gasteiger partial charge in [0.15, 0.2) is 0 Å². The second-order valence-electron chi connectivity index (χ2n) is 8.55. The van der Waals surface area contributed by atoms with Crippen LogP contribution in [-0.2, 0) is 16.6 Å². The maximum Gasteiger partial charge on any atom is 0.340 e. The number of carbonyl (C=O) groups is 1. The third-order valence-corrected chi connectivity index (χ3v) is 4.94. The van der Waals surface area contributed by atoms with Crippen molar-refractivity contribution in [2.75, 3.05) is 0 Å². The first-order valence-electron chi connectivity index (χ1n) is 9.27. The van der Waals surface area contributed by atoms with Crippen molar-refractivity contribution < 1.29 is 13.6 Å². The van der Waals surface area contributed by atoms with E-state index >= 15 is 0 Å². The van der Waals surface area contributed by atoms with E-state index in [0.717, 1.165) is 33.0 Å². The summed E-state index contributed by atoms with van der Waals surface area (Å²) < 4.78 is 11.4. The Morgan fingerprint density at radius 2 is 1.78 bits per heavy atom. The van der Waals surface area contributed by atoms with Gasteiger partial charge in [0.05, 0.1) is 18.2 Å². The van der Waals surface area contributed by atoms with Gasteiger partial charge in [-0.1, -0.05) is 20.8 Å². The Morgan fingerprint density at radius 3 is 2.37 bits per heavy atom. The first-order chi connectivity index (χ1) is 12.5. The predicted molar refractivity (Wildman–Crippen MR) is 107 cm³/mol. The summed E-state index contributed by atoms with van der Waals surface area (Å²) in [7, 11) is 0. The number of carbonyl (C=O) groups excluding carboxylic acids is 1. The summed E-state index contributed by atoms with van der Waals surface area (Å²) in [6, 6.07) is 2.04. The summed E-state index contributed by atoms with van der Waals surface area (Å²) in [4.78, 5) is 24.7. The first kappa shape index (κ1) is 19.2. The first-order valence-corrected chi connectivity index (χ1v) is 9.27. The minimum absolute atomic E-state index is 0.0108. The van der Waals surface area contributed by atoms with Crippen LogP contribution in [0.25, 0.3) is 21.9 Å². The average molecular weight is 369 g/mol. The lowest BCUT2D eigenvalue weighted by Gasteiger charge is -2.17. The van der Waals surface area contributed by atoms with Gasteiger partial charge < -0.3 is 14.2 Å². The zero-order chi connectivity index (χ0) is 20.1. The molecule has 1 aromatic carbocycles. The van der Waals surface area contributed by atoms with Crippen molar-refractivity contribution in [2.24, 2.45) is 0 Å². The van der Waals surface area contributed by atoms with E-state index in [1.165, 1.54) is 0 Å². The van der Waals surface area contributed by atoms with E-state index in [2.05, 4.69) is 26.1 Å². The normalized spacial score (nSPS) is 12.3. The van der Waals surface area contributed by atoms with Crippen molar-refractivity contribution in [2.45, 2.75) is 66.3 Å². The van der Waals surface area contributed by atoms with Crippen LogP contribution in [0.1, 0.15) is 56.9 Å². The Kier molecular flexibility index (Phi) is 4.66. The second kappa shape index (κ2) is 6.55. The molecule has 144 valence electrons. The molecule has 0 spiro atoms. The molecule has 0 aliphatic rings. The molecule has 1 amide bonds. The average Bonchev–Trinajstić information content (AvgIpc) is 2.96. The molecule has 2 aromatic heterocycles. The summed E-state index contributed by atoms with van der Waals surface area (Å²) in [5.41, 5.74) is 3.81.